The molecule has 218 valence electrons. The molecule has 3 atom stereocenters. The maximum Gasteiger partial charge on any atom is 0.251 e. The lowest BCUT2D eigenvalue weighted by Crippen LogP contribution is -2.55. The van der Waals surface area contributed by atoms with Gasteiger partial charge in [-0.3, -0.25) is 9.59 Å². The third-order valence-corrected chi connectivity index (χ3v) is 10.7. The quantitative estimate of drug-likeness (QED) is 0.509. The molecule has 2 bridgehead atoms. The van der Waals surface area contributed by atoms with Crippen LogP contribution in [-0.2, 0) is 4.79 Å². The van der Waals surface area contributed by atoms with Crippen LogP contribution in [0.3, 0.4) is 0 Å². The minimum absolute atomic E-state index is 0.0822. The van der Waals surface area contributed by atoms with Crippen LogP contribution in [0.15, 0.2) is 24.4 Å². The predicted octanol–water partition coefficient (Wildman–Crippen LogP) is 5.12. The van der Waals surface area contributed by atoms with E-state index in [1.807, 2.05) is 13.1 Å². The lowest BCUT2D eigenvalue weighted by Gasteiger charge is -2.47. The highest BCUT2D eigenvalue weighted by atomic mass is 35.5. The van der Waals surface area contributed by atoms with E-state index in [-0.39, 0.29) is 23.3 Å². The molecule has 1 spiro atoms. The molecule has 4 heterocycles. The summed E-state index contributed by atoms with van der Waals surface area (Å²) in [5.41, 5.74) is 1.65. The monoisotopic (exact) mass is 577 g/mol. The third-order valence-electron chi connectivity index (χ3n) is 10.4. The van der Waals surface area contributed by atoms with E-state index in [4.69, 9.17) is 16.6 Å². The average Bonchev–Trinajstić information content (AvgIpc) is 3.56. The van der Waals surface area contributed by atoms with Crippen molar-refractivity contribution < 1.29 is 9.59 Å². The number of nitrogens with one attached hydrogen (secondary N) is 2. The Morgan fingerprint density at radius 3 is 2.41 bits per heavy atom. The first-order chi connectivity index (χ1) is 19.8. The summed E-state index contributed by atoms with van der Waals surface area (Å²) in [7, 11) is 4.06. The molecule has 0 radical (unpaired) electrons. The van der Waals surface area contributed by atoms with E-state index in [0.717, 1.165) is 50.0 Å². The number of aromatic nitrogens is 2. The lowest BCUT2D eigenvalue weighted by atomic mass is 9.82. The van der Waals surface area contributed by atoms with Crippen LogP contribution in [0, 0.1) is 5.41 Å². The summed E-state index contributed by atoms with van der Waals surface area (Å²) in [6, 6.07) is 7.03. The van der Waals surface area contributed by atoms with Crippen molar-refractivity contribution in [3.8, 4) is 0 Å². The molecule has 1 unspecified atom stereocenters. The second kappa shape index (κ2) is 10.4. The molecule has 2 N–H and O–H groups in total. The van der Waals surface area contributed by atoms with Crippen molar-refractivity contribution in [2.24, 2.45) is 5.41 Å². The van der Waals surface area contributed by atoms with Crippen molar-refractivity contribution in [3.63, 3.8) is 0 Å². The summed E-state index contributed by atoms with van der Waals surface area (Å²) in [5, 5.41) is 6.98. The van der Waals surface area contributed by atoms with Crippen LogP contribution in [-0.4, -0.2) is 71.5 Å². The number of carbonyl (C=O) groups excluding carboxylic acids is 2. The summed E-state index contributed by atoms with van der Waals surface area (Å²) in [6.07, 6.45) is 14.0. The Balaban J connectivity index is 1.09. The Morgan fingerprint density at radius 2 is 1.73 bits per heavy atom. The van der Waals surface area contributed by atoms with Crippen LogP contribution < -0.4 is 20.4 Å². The van der Waals surface area contributed by atoms with Gasteiger partial charge in [-0.05, 0) is 76.6 Å². The number of nitrogens with zero attached hydrogens (tertiary/aromatic N) is 5. The standard InChI is InChI=1S/C31H40ClN7O2/c1-37-22-8-5-9-23(37)16-20(15-22)34-28(40)19-10-11-25(24(32)14-19)35-30-33-17-26-27(36-30)39(21-6-3-4-7-21)18-31(12-13-31)29(41)38(26)2/h10-11,14,17,20-23H,3-9,12-13,15-16,18H2,1-2H3,(H,34,40)(H,33,35,36)/t20?,22-,23+. The molecule has 1 aromatic heterocycles. The highest BCUT2D eigenvalue weighted by Gasteiger charge is 2.55. The highest BCUT2D eigenvalue weighted by molar-refractivity contribution is 6.33. The molecule has 2 saturated heterocycles. The lowest BCUT2D eigenvalue weighted by molar-refractivity contribution is -0.122. The molecular weight excluding hydrogens is 538 g/mol. The Kier molecular flexibility index (Phi) is 6.85. The van der Waals surface area contributed by atoms with Gasteiger partial charge in [-0.25, -0.2) is 4.98 Å². The van der Waals surface area contributed by atoms with Crippen molar-refractivity contribution in [2.45, 2.75) is 94.8 Å². The molecule has 9 nitrogen and oxygen atoms in total. The zero-order valence-corrected chi connectivity index (χ0v) is 24.8. The molecule has 2 aromatic rings. The maximum atomic E-state index is 13.3. The fraction of sp³-hybridized carbons (Fsp3) is 0.613. The van der Waals surface area contributed by atoms with Gasteiger partial charge in [0.05, 0.1) is 22.3 Å². The van der Waals surface area contributed by atoms with Crippen LogP contribution >= 0.6 is 11.6 Å². The van der Waals surface area contributed by atoms with Crippen molar-refractivity contribution in [1.82, 2.24) is 20.2 Å². The Bertz CT molecular complexity index is 1340. The SMILES string of the molecule is CN1C(=O)C2(CC2)CN(C2CCCC2)c2nc(Nc3ccc(C(=O)NC4C[C@H]5CCC[C@@H](C4)N5C)cc3Cl)ncc21. The zero-order valence-electron chi connectivity index (χ0n) is 24.0. The number of hydrogen-bond donors (Lipinski definition) is 2. The van der Waals surface area contributed by atoms with E-state index in [1.54, 1.807) is 23.2 Å². The largest absolute Gasteiger partial charge is 0.351 e. The molecular formula is C31H40ClN7O2. The Hall–Kier alpha value is -2.91. The van der Waals surface area contributed by atoms with Crippen molar-refractivity contribution in [1.29, 1.82) is 0 Å². The van der Waals surface area contributed by atoms with Gasteiger partial charge in [0.2, 0.25) is 11.9 Å². The fourth-order valence-electron chi connectivity index (χ4n) is 7.73. The van der Waals surface area contributed by atoms with E-state index in [1.165, 1.54) is 32.1 Å². The van der Waals surface area contributed by atoms with E-state index in [2.05, 4.69) is 32.5 Å². The van der Waals surface area contributed by atoms with E-state index in [9.17, 15) is 9.59 Å². The van der Waals surface area contributed by atoms with Crippen LogP contribution in [0.2, 0.25) is 5.02 Å². The van der Waals surface area contributed by atoms with Crippen LogP contribution in [0.4, 0.5) is 23.1 Å². The number of halogens is 1. The third kappa shape index (κ3) is 4.95. The van der Waals surface area contributed by atoms with Crippen molar-refractivity contribution >= 4 is 46.6 Å². The molecule has 4 fully saturated rings. The van der Waals surface area contributed by atoms with Gasteiger partial charge in [-0.1, -0.05) is 30.9 Å². The summed E-state index contributed by atoms with van der Waals surface area (Å²) in [4.78, 5) is 42.6. The number of amides is 2. The van der Waals surface area contributed by atoms with Gasteiger partial charge in [0, 0.05) is 43.3 Å². The summed E-state index contributed by atoms with van der Waals surface area (Å²) in [6.45, 7) is 0.716. The molecule has 2 saturated carbocycles. The zero-order chi connectivity index (χ0) is 28.3. The molecule has 2 amide bonds. The Morgan fingerprint density at radius 1 is 1.02 bits per heavy atom. The van der Waals surface area contributed by atoms with E-state index < -0.39 is 0 Å². The number of rotatable bonds is 5. The molecule has 10 heteroatoms. The smallest absolute Gasteiger partial charge is 0.251 e. The van der Waals surface area contributed by atoms with Gasteiger partial charge in [-0.15, -0.1) is 0 Å². The van der Waals surface area contributed by atoms with Crippen LogP contribution in [0.1, 0.15) is 81.0 Å². The van der Waals surface area contributed by atoms with Gasteiger partial charge in [0.1, 0.15) is 5.69 Å². The molecule has 7 rings (SSSR count). The van der Waals surface area contributed by atoms with Gasteiger partial charge in [0.25, 0.3) is 5.91 Å². The first-order valence-corrected chi connectivity index (χ1v) is 15.7. The molecule has 3 aliphatic heterocycles. The molecule has 2 aliphatic carbocycles. The van der Waals surface area contributed by atoms with Crippen molar-refractivity contribution in [2.75, 3.05) is 35.8 Å². The number of anilines is 4. The summed E-state index contributed by atoms with van der Waals surface area (Å²) < 4.78 is 0. The van der Waals surface area contributed by atoms with Crippen molar-refractivity contribution in [3.05, 3.63) is 35.0 Å². The number of piperidine rings is 2. The summed E-state index contributed by atoms with van der Waals surface area (Å²) in [5.74, 6) is 1.32. The van der Waals surface area contributed by atoms with Gasteiger partial charge in [-0.2, -0.15) is 4.98 Å². The first-order valence-electron chi connectivity index (χ1n) is 15.3. The van der Waals surface area contributed by atoms with Crippen LogP contribution in [0.25, 0.3) is 0 Å². The fourth-order valence-corrected chi connectivity index (χ4v) is 7.96. The topological polar surface area (TPSA) is 93.7 Å². The number of fused-ring (bicyclic) bond motifs is 3. The number of carbonyl (C=O) groups is 2. The van der Waals surface area contributed by atoms with Crippen LogP contribution in [0.5, 0.6) is 0 Å². The first kappa shape index (κ1) is 27.0. The minimum Gasteiger partial charge on any atom is -0.351 e. The second-order valence-corrected chi connectivity index (χ2v) is 13.4. The maximum absolute atomic E-state index is 13.3. The summed E-state index contributed by atoms with van der Waals surface area (Å²) >= 11 is 6.68. The van der Waals surface area contributed by atoms with E-state index >= 15 is 0 Å². The van der Waals surface area contributed by atoms with E-state index in [0.29, 0.717) is 46.9 Å². The molecule has 5 aliphatic rings. The van der Waals surface area contributed by atoms with Gasteiger partial charge < -0.3 is 25.3 Å². The number of hydrogen-bond acceptors (Lipinski definition) is 7. The second-order valence-electron chi connectivity index (χ2n) is 13.0. The normalized spacial score (nSPS) is 27.5. The highest BCUT2D eigenvalue weighted by Crippen LogP contribution is 2.52. The van der Waals surface area contributed by atoms with Gasteiger partial charge in [0.15, 0.2) is 5.82 Å². The molecule has 41 heavy (non-hydrogen) atoms. The number of benzene rings is 1. The van der Waals surface area contributed by atoms with Gasteiger partial charge >= 0.3 is 0 Å². The molecule has 1 aromatic carbocycles. The predicted molar refractivity (Wildman–Crippen MR) is 161 cm³/mol. The minimum atomic E-state index is -0.294. The Labute approximate surface area is 247 Å². The average molecular weight is 578 g/mol.